The molecule has 1 aromatic rings. The number of aryl methyl sites for hydroxylation is 1. The van der Waals surface area contributed by atoms with Gasteiger partial charge in [-0.15, -0.1) is 0 Å². The highest BCUT2D eigenvalue weighted by atomic mass is 32.2. The second-order valence-electron chi connectivity index (χ2n) is 5.49. The zero-order valence-corrected chi connectivity index (χ0v) is 14.0. The lowest BCUT2D eigenvalue weighted by atomic mass is 10.1. The van der Waals surface area contributed by atoms with E-state index >= 15 is 0 Å². The maximum atomic E-state index is 12.5. The van der Waals surface area contributed by atoms with Crippen LogP contribution in [0.4, 0.5) is 0 Å². The molecule has 2 N–H and O–H groups in total. The molecule has 0 bridgehead atoms. The fourth-order valence-electron chi connectivity index (χ4n) is 2.29. The highest BCUT2D eigenvalue weighted by Crippen LogP contribution is 2.21. The van der Waals surface area contributed by atoms with E-state index in [0.717, 1.165) is 31.4 Å². The van der Waals surface area contributed by atoms with Gasteiger partial charge < -0.3 is 10.4 Å². The monoisotopic (exact) mass is 327 g/mol. The predicted octanol–water partition coefficient (Wildman–Crippen LogP) is 2.39. The first kappa shape index (κ1) is 18.6. The molecule has 0 radical (unpaired) electrons. The SMILES string of the molecule is CNCCCCCCC(C(=O)O)S(=O)(=O)c1ccc(C)cc1. The Hall–Kier alpha value is -1.40. The van der Waals surface area contributed by atoms with Crippen molar-refractivity contribution in [3.05, 3.63) is 29.8 Å². The van der Waals surface area contributed by atoms with Crippen LogP contribution in [0.5, 0.6) is 0 Å². The molecule has 0 aliphatic carbocycles. The molecule has 124 valence electrons. The largest absolute Gasteiger partial charge is 0.480 e. The van der Waals surface area contributed by atoms with Crippen LogP contribution in [0.1, 0.15) is 37.7 Å². The summed E-state index contributed by atoms with van der Waals surface area (Å²) >= 11 is 0. The normalized spacial score (nSPS) is 13.0. The number of rotatable bonds is 10. The number of aliphatic carboxylic acids is 1. The molecule has 5 nitrogen and oxygen atoms in total. The molecule has 0 aliphatic rings. The standard InChI is InChI=1S/C16H25NO4S/c1-13-8-10-14(11-9-13)22(20,21)15(16(18)19)7-5-3-4-6-12-17-2/h8-11,15,17H,3-7,12H2,1-2H3,(H,18,19). The minimum absolute atomic E-state index is 0.0840. The molecule has 0 saturated heterocycles. The van der Waals surface area contributed by atoms with Crippen molar-refractivity contribution < 1.29 is 18.3 Å². The molecule has 1 atom stereocenters. The quantitative estimate of drug-likeness (QED) is 0.645. The Morgan fingerprint density at radius 2 is 1.73 bits per heavy atom. The first-order chi connectivity index (χ1) is 10.4. The average Bonchev–Trinajstić information content (AvgIpc) is 2.46. The van der Waals surface area contributed by atoms with E-state index in [1.165, 1.54) is 12.1 Å². The number of carboxylic acids is 1. The van der Waals surface area contributed by atoms with Gasteiger partial charge >= 0.3 is 5.97 Å². The lowest BCUT2D eigenvalue weighted by molar-refractivity contribution is -0.136. The minimum Gasteiger partial charge on any atom is -0.480 e. The van der Waals surface area contributed by atoms with Crippen molar-refractivity contribution in [3.63, 3.8) is 0 Å². The summed E-state index contributed by atoms with van der Waals surface area (Å²) in [5.41, 5.74) is 0.940. The first-order valence-corrected chi connectivity index (χ1v) is 9.12. The van der Waals surface area contributed by atoms with Crippen molar-refractivity contribution in [3.8, 4) is 0 Å². The van der Waals surface area contributed by atoms with E-state index in [4.69, 9.17) is 0 Å². The maximum Gasteiger partial charge on any atom is 0.322 e. The molecule has 0 amide bonds. The van der Waals surface area contributed by atoms with Crippen LogP contribution < -0.4 is 5.32 Å². The zero-order valence-electron chi connectivity index (χ0n) is 13.2. The maximum absolute atomic E-state index is 12.5. The summed E-state index contributed by atoms with van der Waals surface area (Å²) in [6.45, 7) is 2.78. The highest BCUT2D eigenvalue weighted by molar-refractivity contribution is 7.92. The van der Waals surface area contributed by atoms with E-state index in [0.29, 0.717) is 6.42 Å². The van der Waals surface area contributed by atoms with Crippen LogP contribution in [-0.2, 0) is 14.6 Å². The third kappa shape index (κ3) is 5.42. The number of benzene rings is 1. The highest BCUT2D eigenvalue weighted by Gasteiger charge is 2.33. The van der Waals surface area contributed by atoms with E-state index in [9.17, 15) is 18.3 Å². The topological polar surface area (TPSA) is 83.5 Å². The van der Waals surface area contributed by atoms with Crippen molar-refractivity contribution in [2.75, 3.05) is 13.6 Å². The van der Waals surface area contributed by atoms with Gasteiger partial charge in [-0.05, 0) is 45.5 Å². The fourth-order valence-corrected chi connectivity index (χ4v) is 3.88. The molecule has 1 aromatic carbocycles. The van der Waals surface area contributed by atoms with Crippen molar-refractivity contribution in [2.24, 2.45) is 0 Å². The summed E-state index contributed by atoms with van der Waals surface area (Å²) in [5, 5.41) is 11.0. The molecule has 0 saturated carbocycles. The van der Waals surface area contributed by atoms with Gasteiger partial charge in [-0.2, -0.15) is 0 Å². The Bertz CT molecular complexity index is 566. The number of hydrogen-bond donors (Lipinski definition) is 2. The van der Waals surface area contributed by atoms with Crippen molar-refractivity contribution in [1.82, 2.24) is 5.32 Å². The molecule has 0 spiro atoms. The number of unbranched alkanes of at least 4 members (excludes halogenated alkanes) is 3. The molecular formula is C16H25NO4S. The van der Waals surface area contributed by atoms with Gasteiger partial charge in [0.2, 0.25) is 0 Å². The van der Waals surface area contributed by atoms with Crippen LogP contribution in [0, 0.1) is 6.92 Å². The Kier molecular flexibility index (Phi) is 7.55. The Balaban J connectivity index is 2.69. The first-order valence-electron chi connectivity index (χ1n) is 7.57. The predicted molar refractivity (Wildman–Crippen MR) is 86.8 cm³/mol. The summed E-state index contributed by atoms with van der Waals surface area (Å²) in [7, 11) is -1.94. The third-order valence-electron chi connectivity index (χ3n) is 3.64. The van der Waals surface area contributed by atoms with Gasteiger partial charge in [-0.25, -0.2) is 8.42 Å². The fraction of sp³-hybridized carbons (Fsp3) is 0.562. The van der Waals surface area contributed by atoms with Crippen molar-refractivity contribution in [1.29, 1.82) is 0 Å². The van der Waals surface area contributed by atoms with Gasteiger partial charge in [-0.3, -0.25) is 4.79 Å². The summed E-state index contributed by atoms with van der Waals surface area (Å²) in [6.07, 6.45) is 3.59. The van der Waals surface area contributed by atoms with Gasteiger partial charge in [0.05, 0.1) is 4.90 Å². The van der Waals surface area contributed by atoms with Crippen molar-refractivity contribution in [2.45, 2.75) is 49.2 Å². The summed E-state index contributed by atoms with van der Waals surface area (Å²) in [5.74, 6) is -1.27. The van der Waals surface area contributed by atoms with E-state index in [-0.39, 0.29) is 11.3 Å². The molecule has 0 heterocycles. The average molecular weight is 327 g/mol. The summed E-state index contributed by atoms with van der Waals surface area (Å²) in [4.78, 5) is 11.4. The molecule has 0 fully saturated rings. The molecular weight excluding hydrogens is 302 g/mol. The van der Waals surface area contributed by atoms with Crippen LogP contribution in [-0.4, -0.2) is 38.3 Å². The Morgan fingerprint density at radius 3 is 2.27 bits per heavy atom. The summed E-state index contributed by atoms with van der Waals surface area (Å²) < 4.78 is 24.9. The van der Waals surface area contributed by atoms with Crippen LogP contribution in [0.3, 0.4) is 0 Å². The molecule has 0 aliphatic heterocycles. The number of sulfone groups is 1. The molecule has 0 aromatic heterocycles. The molecule has 1 rings (SSSR count). The number of nitrogens with one attached hydrogen (secondary N) is 1. The number of carbonyl (C=O) groups is 1. The number of carboxylic acid groups (broad SMARTS) is 1. The van der Waals surface area contributed by atoms with Gasteiger partial charge in [0.25, 0.3) is 0 Å². The van der Waals surface area contributed by atoms with Crippen LogP contribution >= 0.6 is 0 Å². The van der Waals surface area contributed by atoms with Gasteiger partial charge in [0.15, 0.2) is 15.1 Å². The zero-order chi connectivity index (χ0) is 16.6. The van der Waals surface area contributed by atoms with Crippen LogP contribution in [0.25, 0.3) is 0 Å². The van der Waals surface area contributed by atoms with E-state index in [1.807, 2.05) is 14.0 Å². The second kappa shape index (κ2) is 8.90. The van der Waals surface area contributed by atoms with Crippen LogP contribution in [0.15, 0.2) is 29.2 Å². The van der Waals surface area contributed by atoms with E-state index in [1.54, 1.807) is 12.1 Å². The Labute approximate surface area is 132 Å². The Morgan fingerprint density at radius 1 is 1.14 bits per heavy atom. The van der Waals surface area contributed by atoms with E-state index in [2.05, 4.69) is 5.32 Å². The lowest BCUT2D eigenvalue weighted by Gasteiger charge is -2.14. The second-order valence-corrected chi connectivity index (χ2v) is 7.62. The number of hydrogen-bond acceptors (Lipinski definition) is 4. The minimum atomic E-state index is -3.83. The van der Waals surface area contributed by atoms with Crippen molar-refractivity contribution >= 4 is 15.8 Å². The third-order valence-corrected chi connectivity index (χ3v) is 5.76. The van der Waals surface area contributed by atoms with E-state index < -0.39 is 21.1 Å². The smallest absolute Gasteiger partial charge is 0.322 e. The molecule has 1 unspecified atom stereocenters. The lowest BCUT2D eigenvalue weighted by Crippen LogP contribution is -2.30. The van der Waals surface area contributed by atoms with Gasteiger partial charge in [-0.1, -0.05) is 37.0 Å². The summed E-state index contributed by atoms with van der Waals surface area (Å²) in [6, 6.07) is 6.33. The van der Waals surface area contributed by atoms with Gasteiger partial charge in [0.1, 0.15) is 0 Å². The molecule has 22 heavy (non-hydrogen) atoms. The molecule has 6 heteroatoms. The van der Waals surface area contributed by atoms with Gasteiger partial charge in [0, 0.05) is 0 Å². The van der Waals surface area contributed by atoms with Crippen LogP contribution in [0.2, 0.25) is 0 Å².